The van der Waals surface area contributed by atoms with Crippen LogP contribution in [0.5, 0.6) is 0 Å². The lowest BCUT2D eigenvalue weighted by Gasteiger charge is -2.29. The maximum Gasteiger partial charge on any atom is 0.0591 e. The van der Waals surface area contributed by atoms with Crippen molar-refractivity contribution in [3.63, 3.8) is 0 Å². The van der Waals surface area contributed by atoms with E-state index in [1.807, 2.05) is 6.07 Å². The summed E-state index contributed by atoms with van der Waals surface area (Å²) in [4.78, 5) is 0. The first-order valence-corrected chi connectivity index (χ1v) is 14.1. The monoisotopic (exact) mass is 531 g/mol. The van der Waals surface area contributed by atoms with Gasteiger partial charge >= 0.3 is 0 Å². The second-order valence-corrected chi connectivity index (χ2v) is 11.3. The molecule has 40 heavy (non-hydrogen) atoms. The van der Waals surface area contributed by atoms with Crippen molar-refractivity contribution in [1.29, 1.82) is 0 Å². The molecule has 0 radical (unpaired) electrons. The van der Waals surface area contributed by atoms with Crippen molar-refractivity contribution in [2.24, 2.45) is 0 Å². The molecule has 1 aromatic heterocycles. The Morgan fingerprint density at radius 1 is 0.575 bits per heavy atom. The van der Waals surface area contributed by atoms with Crippen LogP contribution >= 0.6 is 11.6 Å². The molecule has 1 unspecified atom stereocenters. The first-order chi connectivity index (χ1) is 19.6. The second kappa shape index (κ2) is 8.71. The molecule has 6 aromatic carbocycles. The molecule has 0 bridgehead atoms. The van der Waals surface area contributed by atoms with E-state index in [9.17, 15) is 0 Å². The zero-order valence-electron chi connectivity index (χ0n) is 22.1. The third-order valence-corrected chi connectivity index (χ3v) is 8.95. The molecule has 1 nitrogen and oxygen atoms in total. The molecular weight excluding hydrogens is 506 g/mol. The van der Waals surface area contributed by atoms with Crippen LogP contribution in [0.3, 0.4) is 0 Å². The summed E-state index contributed by atoms with van der Waals surface area (Å²) in [6.45, 7) is 2.38. The number of nitrogens with zero attached hydrogens (tertiary/aromatic N) is 1. The van der Waals surface area contributed by atoms with Crippen molar-refractivity contribution < 1.29 is 0 Å². The predicted octanol–water partition coefficient (Wildman–Crippen LogP) is 10.4. The zero-order valence-corrected chi connectivity index (χ0v) is 22.9. The lowest BCUT2D eigenvalue weighted by molar-refractivity contribution is 0.717. The molecule has 8 rings (SSSR count). The molecule has 7 aromatic rings. The van der Waals surface area contributed by atoms with Gasteiger partial charge in [-0.25, -0.2) is 0 Å². The highest BCUT2D eigenvalue weighted by molar-refractivity contribution is 6.31. The largest absolute Gasteiger partial charge is 0.309 e. The van der Waals surface area contributed by atoms with E-state index in [0.717, 1.165) is 10.7 Å². The molecule has 0 amide bonds. The zero-order chi connectivity index (χ0) is 26.8. The molecule has 1 aliphatic carbocycles. The molecular formula is C38H26ClN. The third-order valence-electron chi connectivity index (χ3n) is 8.71. The highest BCUT2D eigenvalue weighted by atomic mass is 35.5. The summed E-state index contributed by atoms with van der Waals surface area (Å²) in [5.41, 5.74) is 12.1. The number of rotatable bonds is 3. The fraction of sp³-hybridized carbons (Fsp3) is 0.0526. The van der Waals surface area contributed by atoms with E-state index in [1.54, 1.807) is 0 Å². The Hall–Kier alpha value is -4.59. The average molecular weight is 532 g/mol. The number of fused-ring (bicyclic) bond motifs is 7. The van der Waals surface area contributed by atoms with E-state index < -0.39 is 0 Å². The van der Waals surface area contributed by atoms with Crippen molar-refractivity contribution in [1.82, 2.24) is 4.57 Å². The molecule has 0 saturated carbocycles. The lowest BCUT2D eigenvalue weighted by Crippen LogP contribution is -2.23. The highest BCUT2D eigenvalue weighted by Crippen LogP contribution is 2.56. The van der Waals surface area contributed by atoms with Gasteiger partial charge < -0.3 is 4.57 Å². The van der Waals surface area contributed by atoms with Gasteiger partial charge in [-0.05, 0) is 82.3 Å². The molecule has 1 heterocycles. The predicted molar refractivity (Wildman–Crippen MR) is 169 cm³/mol. The van der Waals surface area contributed by atoms with Crippen LogP contribution in [0.4, 0.5) is 0 Å². The van der Waals surface area contributed by atoms with Crippen molar-refractivity contribution in [3.05, 3.63) is 161 Å². The Kier molecular flexibility index (Phi) is 5.08. The van der Waals surface area contributed by atoms with Crippen molar-refractivity contribution in [3.8, 4) is 27.9 Å². The molecule has 190 valence electrons. The fourth-order valence-corrected chi connectivity index (χ4v) is 7.05. The summed E-state index contributed by atoms with van der Waals surface area (Å²) in [5.74, 6) is 0. The number of para-hydroxylation sites is 1. The summed E-state index contributed by atoms with van der Waals surface area (Å²) in [7, 11) is 0. The Labute approximate surface area is 238 Å². The minimum atomic E-state index is -0.348. The maximum atomic E-state index is 6.61. The van der Waals surface area contributed by atoms with E-state index in [1.165, 1.54) is 60.8 Å². The van der Waals surface area contributed by atoms with E-state index in [4.69, 9.17) is 11.6 Å². The Balaban J connectivity index is 1.55. The number of hydrogen-bond donors (Lipinski definition) is 0. The normalized spacial score (nSPS) is 15.8. The van der Waals surface area contributed by atoms with Gasteiger partial charge in [0.1, 0.15) is 0 Å². The molecule has 0 spiro atoms. The quantitative estimate of drug-likeness (QED) is 0.214. The smallest absolute Gasteiger partial charge is 0.0591 e. The topological polar surface area (TPSA) is 4.93 Å². The minimum Gasteiger partial charge on any atom is -0.309 e. The first-order valence-electron chi connectivity index (χ1n) is 13.7. The second-order valence-electron chi connectivity index (χ2n) is 10.8. The number of hydrogen-bond acceptors (Lipinski definition) is 0. The molecule has 1 atom stereocenters. The van der Waals surface area contributed by atoms with Gasteiger partial charge in [-0.3, -0.25) is 0 Å². The summed E-state index contributed by atoms with van der Waals surface area (Å²) >= 11 is 6.61. The van der Waals surface area contributed by atoms with Crippen LogP contribution < -0.4 is 0 Å². The SMILES string of the molecule is CC1(c2ccccc2)c2ccc(Cl)cc2-c2ccc3c4cc(-c5ccccc5)ccc4n(-c4ccccc4)c3c21. The van der Waals surface area contributed by atoms with Gasteiger partial charge in [0.2, 0.25) is 0 Å². The minimum absolute atomic E-state index is 0.348. The first kappa shape index (κ1) is 23.3. The van der Waals surface area contributed by atoms with Gasteiger partial charge in [-0.15, -0.1) is 0 Å². The van der Waals surface area contributed by atoms with E-state index in [2.05, 4.69) is 145 Å². The van der Waals surface area contributed by atoms with Gasteiger partial charge in [0, 0.05) is 26.9 Å². The third kappa shape index (κ3) is 3.22. The highest BCUT2D eigenvalue weighted by Gasteiger charge is 2.43. The summed E-state index contributed by atoms with van der Waals surface area (Å²) in [6.07, 6.45) is 0. The van der Waals surface area contributed by atoms with Gasteiger partial charge in [0.15, 0.2) is 0 Å². The van der Waals surface area contributed by atoms with Gasteiger partial charge in [0.25, 0.3) is 0 Å². The summed E-state index contributed by atoms with van der Waals surface area (Å²) in [5, 5.41) is 3.28. The van der Waals surface area contributed by atoms with Crippen molar-refractivity contribution >= 4 is 33.4 Å². The van der Waals surface area contributed by atoms with Gasteiger partial charge in [-0.1, -0.05) is 115 Å². The number of benzene rings is 6. The van der Waals surface area contributed by atoms with Crippen LogP contribution in [-0.2, 0) is 5.41 Å². The molecule has 0 aliphatic heterocycles. The van der Waals surface area contributed by atoms with Crippen LogP contribution in [0.1, 0.15) is 23.6 Å². The molecule has 1 aliphatic rings. The van der Waals surface area contributed by atoms with Crippen LogP contribution in [0, 0.1) is 0 Å². The van der Waals surface area contributed by atoms with Crippen molar-refractivity contribution in [2.45, 2.75) is 12.3 Å². The standard InChI is InChI=1S/C38H26ClN/c1-38(27-13-7-3-8-14-27)34-21-18-28(39)24-32(34)30-19-20-31-33-23-26(25-11-5-2-6-12-25)17-22-35(33)40(37(31)36(30)38)29-15-9-4-10-16-29/h2-24H,1H3. The molecule has 2 heteroatoms. The van der Waals surface area contributed by atoms with E-state index >= 15 is 0 Å². The van der Waals surface area contributed by atoms with E-state index in [-0.39, 0.29) is 5.41 Å². The van der Waals surface area contributed by atoms with Gasteiger partial charge in [-0.2, -0.15) is 0 Å². The average Bonchev–Trinajstić information content (AvgIpc) is 3.48. The fourth-order valence-electron chi connectivity index (χ4n) is 6.88. The number of halogens is 1. The Morgan fingerprint density at radius 2 is 1.27 bits per heavy atom. The molecule has 0 saturated heterocycles. The molecule has 0 fully saturated rings. The summed E-state index contributed by atoms with van der Waals surface area (Å²) in [6, 6.07) is 50.2. The Morgan fingerprint density at radius 3 is 2.02 bits per heavy atom. The summed E-state index contributed by atoms with van der Waals surface area (Å²) < 4.78 is 2.47. The Bertz CT molecular complexity index is 2060. The van der Waals surface area contributed by atoms with E-state index in [0.29, 0.717) is 0 Å². The van der Waals surface area contributed by atoms with Crippen LogP contribution in [0.15, 0.2) is 140 Å². The van der Waals surface area contributed by atoms with Crippen LogP contribution in [0.25, 0.3) is 49.7 Å². The van der Waals surface area contributed by atoms with Crippen molar-refractivity contribution in [2.75, 3.05) is 0 Å². The van der Waals surface area contributed by atoms with Crippen LogP contribution in [-0.4, -0.2) is 4.57 Å². The van der Waals surface area contributed by atoms with Gasteiger partial charge in [0.05, 0.1) is 11.0 Å². The van der Waals surface area contributed by atoms with Crippen LogP contribution in [0.2, 0.25) is 5.02 Å². The molecule has 0 N–H and O–H groups in total. The number of aromatic nitrogens is 1. The maximum absolute atomic E-state index is 6.61. The lowest BCUT2D eigenvalue weighted by atomic mass is 9.73.